The van der Waals surface area contributed by atoms with Crippen LogP contribution in [0.5, 0.6) is 0 Å². The molecule has 0 bridgehead atoms. The van der Waals surface area contributed by atoms with Crippen molar-refractivity contribution in [2.45, 2.75) is 18.4 Å². The molecule has 1 aliphatic heterocycles. The molecule has 0 aliphatic carbocycles. The second-order valence-corrected chi connectivity index (χ2v) is 5.51. The number of hydrogen-bond donors (Lipinski definition) is 2. The number of aromatic nitrogens is 3. The summed E-state index contributed by atoms with van der Waals surface area (Å²) in [6.45, 7) is 0.639. The molecule has 8 nitrogen and oxygen atoms in total. The molecule has 0 radical (unpaired) electrons. The quantitative estimate of drug-likeness (QED) is 0.838. The molecule has 23 heavy (non-hydrogen) atoms. The molecule has 8 heteroatoms. The van der Waals surface area contributed by atoms with E-state index in [1.807, 2.05) is 0 Å². The molecule has 2 aromatic rings. The highest BCUT2D eigenvalue weighted by molar-refractivity contribution is 5.95. The van der Waals surface area contributed by atoms with E-state index in [0.717, 1.165) is 0 Å². The summed E-state index contributed by atoms with van der Waals surface area (Å²) in [4.78, 5) is 23.6. The number of aliphatic carboxylic acids is 1. The number of hydrogen-bond acceptors (Lipinski definition) is 5. The number of carboxylic acid groups (broad SMARTS) is 1. The van der Waals surface area contributed by atoms with Crippen molar-refractivity contribution in [1.82, 2.24) is 20.3 Å². The summed E-state index contributed by atoms with van der Waals surface area (Å²) < 4.78 is 6.82. The van der Waals surface area contributed by atoms with Crippen LogP contribution in [-0.2, 0) is 9.53 Å². The van der Waals surface area contributed by atoms with Gasteiger partial charge in [0.2, 0.25) is 0 Å². The summed E-state index contributed by atoms with van der Waals surface area (Å²) in [5, 5.41) is 19.5. The van der Waals surface area contributed by atoms with E-state index in [9.17, 15) is 9.59 Å². The van der Waals surface area contributed by atoms with Crippen LogP contribution in [-0.4, -0.2) is 50.7 Å². The van der Waals surface area contributed by atoms with Gasteiger partial charge in [-0.15, -0.1) is 5.10 Å². The minimum Gasteiger partial charge on any atom is -0.481 e. The zero-order valence-electron chi connectivity index (χ0n) is 12.3. The van der Waals surface area contributed by atoms with Crippen molar-refractivity contribution in [2.24, 2.45) is 0 Å². The van der Waals surface area contributed by atoms with Crippen LogP contribution in [0.15, 0.2) is 36.7 Å². The van der Waals surface area contributed by atoms with Crippen LogP contribution in [0.3, 0.4) is 0 Å². The molecule has 2 N–H and O–H groups in total. The Morgan fingerprint density at radius 3 is 2.96 bits per heavy atom. The molecule has 2 heterocycles. The lowest BCUT2D eigenvalue weighted by Gasteiger charge is -2.27. The van der Waals surface area contributed by atoms with Crippen LogP contribution < -0.4 is 5.32 Å². The van der Waals surface area contributed by atoms with Crippen molar-refractivity contribution in [3.05, 3.63) is 42.2 Å². The van der Waals surface area contributed by atoms with Gasteiger partial charge in [-0.1, -0.05) is 11.3 Å². The standard InChI is InChI=1S/C15H16N4O4/c20-13(21)9-15(4-7-23-10-15)17-14(22)11-2-1-3-12(8-11)19-6-5-16-18-19/h1-3,5-6,8H,4,7,9-10H2,(H,17,22)(H,20,21). The fourth-order valence-corrected chi connectivity index (χ4v) is 2.63. The van der Waals surface area contributed by atoms with Crippen molar-refractivity contribution in [2.75, 3.05) is 13.2 Å². The van der Waals surface area contributed by atoms with Gasteiger partial charge in [-0.3, -0.25) is 9.59 Å². The van der Waals surface area contributed by atoms with E-state index in [2.05, 4.69) is 15.6 Å². The van der Waals surface area contributed by atoms with Gasteiger partial charge in [0, 0.05) is 12.2 Å². The molecule has 1 saturated heterocycles. The van der Waals surface area contributed by atoms with E-state index >= 15 is 0 Å². The van der Waals surface area contributed by atoms with Crippen molar-refractivity contribution < 1.29 is 19.4 Å². The fourth-order valence-electron chi connectivity index (χ4n) is 2.63. The third-order valence-corrected chi connectivity index (χ3v) is 3.77. The van der Waals surface area contributed by atoms with E-state index < -0.39 is 11.5 Å². The third-order valence-electron chi connectivity index (χ3n) is 3.77. The summed E-state index contributed by atoms with van der Waals surface area (Å²) in [6.07, 6.45) is 3.54. The lowest BCUT2D eigenvalue weighted by molar-refractivity contribution is -0.138. The van der Waals surface area contributed by atoms with Crippen LogP contribution in [0.4, 0.5) is 0 Å². The fraction of sp³-hybridized carbons (Fsp3) is 0.333. The molecule has 1 aromatic carbocycles. The largest absolute Gasteiger partial charge is 0.481 e. The Hall–Kier alpha value is -2.74. The summed E-state index contributed by atoms with van der Waals surface area (Å²) in [5.74, 6) is -1.30. The number of carbonyl (C=O) groups excluding carboxylic acids is 1. The Kier molecular flexibility index (Phi) is 4.07. The Bertz CT molecular complexity index is 708. The van der Waals surface area contributed by atoms with Gasteiger partial charge in [-0.05, 0) is 24.6 Å². The van der Waals surface area contributed by atoms with Crippen LogP contribution >= 0.6 is 0 Å². The number of nitrogens with one attached hydrogen (secondary N) is 1. The number of carboxylic acids is 1. The molecule has 1 unspecified atom stereocenters. The highest BCUT2D eigenvalue weighted by Gasteiger charge is 2.38. The minimum absolute atomic E-state index is 0.165. The topological polar surface area (TPSA) is 106 Å². The van der Waals surface area contributed by atoms with E-state index in [4.69, 9.17) is 9.84 Å². The summed E-state index contributed by atoms with van der Waals surface area (Å²) in [5.41, 5.74) is 0.270. The van der Waals surface area contributed by atoms with Crippen LogP contribution in [0.2, 0.25) is 0 Å². The average Bonchev–Trinajstić information content (AvgIpc) is 3.19. The van der Waals surface area contributed by atoms with Crippen molar-refractivity contribution in [3.8, 4) is 5.69 Å². The molecular formula is C15H16N4O4. The minimum atomic E-state index is -0.966. The molecule has 1 atom stereocenters. The predicted octanol–water partition coefficient (Wildman–Crippen LogP) is 0.631. The molecule has 3 rings (SSSR count). The van der Waals surface area contributed by atoms with Gasteiger partial charge in [-0.2, -0.15) is 0 Å². The highest BCUT2D eigenvalue weighted by Crippen LogP contribution is 2.23. The Balaban J connectivity index is 1.80. The Morgan fingerprint density at radius 1 is 1.43 bits per heavy atom. The SMILES string of the molecule is O=C(O)CC1(NC(=O)c2cccc(-n3ccnn3)c2)CCOC1. The average molecular weight is 316 g/mol. The Morgan fingerprint density at radius 2 is 2.30 bits per heavy atom. The summed E-state index contributed by atoms with van der Waals surface area (Å²) in [6, 6.07) is 6.88. The number of rotatable bonds is 5. The van der Waals surface area contributed by atoms with E-state index in [0.29, 0.717) is 24.3 Å². The summed E-state index contributed by atoms with van der Waals surface area (Å²) in [7, 11) is 0. The molecule has 0 spiro atoms. The molecule has 120 valence electrons. The predicted molar refractivity (Wildman–Crippen MR) is 79.2 cm³/mol. The smallest absolute Gasteiger partial charge is 0.305 e. The molecular weight excluding hydrogens is 300 g/mol. The number of carbonyl (C=O) groups is 2. The maximum atomic E-state index is 12.5. The van der Waals surface area contributed by atoms with Gasteiger partial charge in [0.1, 0.15) is 0 Å². The number of benzene rings is 1. The Labute approximate surface area is 132 Å². The zero-order chi connectivity index (χ0) is 16.3. The van der Waals surface area contributed by atoms with Crippen molar-refractivity contribution in [3.63, 3.8) is 0 Å². The van der Waals surface area contributed by atoms with E-state index in [1.165, 1.54) is 0 Å². The van der Waals surface area contributed by atoms with Gasteiger partial charge in [0.25, 0.3) is 5.91 Å². The molecule has 0 saturated carbocycles. The van der Waals surface area contributed by atoms with Crippen LogP contribution in [0.25, 0.3) is 5.69 Å². The van der Waals surface area contributed by atoms with Gasteiger partial charge in [0.15, 0.2) is 0 Å². The first-order valence-corrected chi connectivity index (χ1v) is 7.17. The van der Waals surface area contributed by atoms with Gasteiger partial charge < -0.3 is 15.2 Å². The van der Waals surface area contributed by atoms with Crippen molar-refractivity contribution in [1.29, 1.82) is 0 Å². The second-order valence-electron chi connectivity index (χ2n) is 5.51. The van der Waals surface area contributed by atoms with Crippen LogP contribution in [0.1, 0.15) is 23.2 Å². The third kappa shape index (κ3) is 3.37. The van der Waals surface area contributed by atoms with Gasteiger partial charge in [-0.25, -0.2) is 4.68 Å². The molecule has 1 fully saturated rings. The molecule has 1 amide bonds. The lowest BCUT2D eigenvalue weighted by atomic mass is 9.93. The first-order valence-electron chi connectivity index (χ1n) is 7.17. The van der Waals surface area contributed by atoms with E-state index in [-0.39, 0.29) is 18.9 Å². The van der Waals surface area contributed by atoms with Crippen LogP contribution in [0, 0.1) is 0 Å². The first kappa shape index (κ1) is 15.2. The first-order chi connectivity index (χ1) is 11.1. The maximum Gasteiger partial charge on any atom is 0.305 e. The zero-order valence-corrected chi connectivity index (χ0v) is 12.3. The van der Waals surface area contributed by atoms with Gasteiger partial charge in [0.05, 0.1) is 36.6 Å². The molecule has 1 aliphatic rings. The number of amides is 1. The highest BCUT2D eigenvalue weighted by atomic mass is 16.5. The lowest BCUT2D eigenvalue weighted by Crippen LogP contribution is -2.50. The normalized spacial score (nSPS) is 20.3. The molecule has 1 aromatic heterocycles. The maximum absolute atomic E-state index is 12.5. The second kappa shape index (κ2) is 6.17. The van der Waals surface area contributed by atoms with Crippen molar-refractivity contribution >= 4 is 11.9 Å². The van der Waals surface area contributed by atoms with Gasteiger partial charge >= 0.3 is 5.97 Å². The monoisotopic (exact) mass is 316 g/mol. The number of nitrogens with zero attached hydrogens (tertiary/aromatic N) is 3. The van der Waals surface area contributed by atoms with E-state index in [1.54, 1.807) is 41.3 Å². The summed E-state index contributed by atoms with van der Waals surface area (Å²) >= 11 is 0. The number of ether oxygens (including phenoxy) is 1.